The molecule has 0 atom stereocenters. The van der Waals surface area contributed by atoms with Gasteiger partial charge in [0.1, 0.15) is 0 Å². The molecule has 5 aliphatic carbocycles. The minimum atomic E-state index is -0.203. The summed E-state index contributed by atoms with van der Waals surface area (Å²) in [6.07, 6.45) is 9.57. The van der Waals surface area contributed by atoms with Crippen molar-refractivity contribution in [3.8, 4) is 22.3 Å². The van der Waals surface area contributed by atoms with Crippen molar-refractivity contribution in [2.24, 2.45) is 0 Å². The maximum atomic E-state index is 4.26. The minimum absolute atomic E-state index is 0.0613. The molecule has 409 valence electrons. The molecule has 1 radical (unpaired) electrons. The Bertz CT molecular complexity index is 3800. The fraction of sp³-hybridized carbons (Fsp3) is 0.493. The molecule has 13 rings (SSSR count). The smallest absolute Gasteiger partial charge is 0.211 e. The van der Waals surface area contributed by atoms with Gasteiger partial charge in [-0.1, -0.05) is 149 Å². The lowest BCUT2D eigenvalue weighted by Crippen LogP contribution is -2.40. The summed E-state index contributed by atoms with van der Waals surface area (Å²) in [6, 6.07) is 33.4. The Kier molecular flexibility index (Phi) is 11.2. The first-order chi connectivity index (χ1) is 36.6. The molecule has 0 fully saturated rings. The average Bonchev–Trinajstić information content (AvgIpc) is 3.37. The predicted octanol–water partition coefficient (Wildman–Crippen LogP) is 20.1. The number of hydrogen-bond acceptors (Lipinski definition) is 3. The summed E-state index contributed by atoms with van der Waals surface area (Å²) in [5.41, 5.74) is 31.2. The highest BCUT2D eigenvalue weighted by atomic mass is 32.1. The van der Waals surface area contributed by atoms with Crippen molar-refractivity contribution >= 4 is 67.4 Å². The molecule has 1 N–H and O–H groups in total. The van der Waals surface area contributed by atoms with Gasteiger partial charge in [0, 0.05) is 43.8 Å². The second-order valence-electron chi connectivity index (χ2n) is 32.1. The minimum Gasteiger partial charge on any atom is -0.355 e. The molecule has 0 spiro atoms. The molecule has 6 aromatic carbocycles. The quantitative estimate of drug-likeness (QED) is 0.177. The zero-order valence-electron chi connectivity index (χ0n) is 52.1. The van der Waals surface area contributed by atoms with Gasteiger partial charge in [0.2, 0.25) is 7.28 Å². The van der Waals surface area contributed by atoms with Crippen LogP contribution < -0.4 is 20.5 Å². The van der Waals surface area contributed by atoms with Gasteiger partial charge >= 0.3 is 0 Å². The first-order valence-electron chi connectivity index (χ1n) is 30.5. The Labute approximate surface area is 481 Å². The highest BCUT2D eigenvalue weighted by molar-refractivity contribution is 7.29. The van der Waals surface area contributed by atoms with Crippen LogP contribution in [0.5, 0.6) is 0 Å². The van der Waals surface area contributed by atoms with Gasteiger partial charge in [0.25, 0.3) is 0 Å². The maximum Gasteiger partial charge on any atom is 0.211 e. The van der Waals surface area contributed by atoms with E-state index >= 15 is 0 Å². The molecule has 2 heterocycles. The molecule has 0 amide bonds. The van der Waals surface area contributed by atoms with Crippen molar-refractivity contribution in [2.75, 3.05) is 10.2 Å². The van der Waals surface area contributed by atoms with Crippen molar-refractivity contribution < 1.29 is 0 Å². The summed E-state index contributed by atoms with van der Waals surface area (Å²) in [7, 11) is 2.61. The van der Waals surface area contributed by atoms with Crippen LogP contribution in [0, 0.1) is 13.8 Å². The lowest BCUT2D eigenvalue weighted by Gasteiger charge is -2.44. The Hall–Kier alpha value is -5.06. The van der Waals surface area contributed by atoms with Gasteiger partial charge in [0.05, 0.1) is 5.69 Å². The second kappa shape index (κ2) is 16.6. The number of fused-ring (bicyclic) bond motifs is 11. The largest absolute Gasteiger partial charge is 0.355 e. The average molecular weight is 1060 g/mol. The Morgan fingerprint density at radius 1 is 0.405 bits per heavy atom. The summed E-state index contributed by atoms with van der Waals surface area (Å²) < 4.78 is 2.74. The lowest BCUT2D eigenvalue weighted by molar-refractivity contribution is 0.331. The molecule has 1 aromatic heterocycles. The molecule has 2 nitrogen and oxygen atoms in total. The van der Waals surface area contributed by atoms with Gasteiger partial charge in [-0.25, -0.2) is 0 Å². The molecular formula is C75H90BN2S. The Morgan fingerprint density at radius 2 is 0.861 bits per heavy atom. The van der Waals surface area contributed by atoms with Gasteiger partial charge in [0.15, 0.2) is 0 Å². The van der Waals surface area contributed by atoms with Gasteiger partial charge in [-0.05, 0) is 257 Å². The first kappa shape index (κ1) is 53.3. The molecule has 0 saturated carbocycles. The van der Waals surface area contributed by atoms with Crippen molar-refractivity contribution in [2.45, 2.75) is 239 Å². The molecule has 0 saturated heterocycles. The highest BCUT2D eigenvalue weighted by Gasteiger charge is 2.46. The fourth-order valence-corrected chi connectivity index (χ4v) is 17.4. The molecule has 6 aliphatic rings. The monoisotopic (exact) mass is 1060 g/mol. The summed E-state index contributed by atoms with van der Waals surface area (Å²) in [6.45, 7) is 49.3. The highest BCUT2D eigenvalue weighted by Crippen LogP contribution is 2.59. The maximum absolute atomic E-state index is 4.26. The second-order valence-corrected chi connectivity index (χ2v) is 33.2. The number of aryl methyl sites for hydroxylation is 2. The Balaban J connectivity index is 1.09. The summed E-state index contributed by atoms with van der Waals surface area (Å²) >= 11 is 2.01. The molecule has 7 aromatic rings. The molecule has 79 heavy (non-hydrogen) atoms. The lowest BCUT2D eigenvalue weighted by atomic mass is 9.61. The number of nitrogens with one attached hydrogen (secondary N) is 1. The van der Waals surface area contributed by atoms with E-state index in [4.69, 9.17) is 0 Å². The van der Waals surface area contributed by atoms with Crippen molar-refractivity contribution in [3.05, 3.63) is 146 Å². The summed E-state index contributed by atoms with van der Waals surface area (Å²) in [5.74, 6) is 0. The van der Waals surface area contributed by atoms with E-state index in [1.54, 1.807) is 5.56 Å². The zero-order valence-corrected chi connectivity index (χ0v) is 52.9. The summed E-state index contributed by atoms with van der Waals surface area (Å²) in [4.78, 5) is 2.75. The standard InChI is InChI=1S/C75H90BN2S/c1-42-31-48(47-36-51-46(38-60(47)77-44-21-22-50-54(34-44)69(7,8)24-23-67(50,3)4)45-35-55-57(39-52(45)75(51,19)20)72(13,14)28-26-70(55,9)10)64-62(32-42)78(61-40-58-53(33-43(61)2)68(5,6)25-29-73(58,15)16)65-49-37-56-59(41-63(49)79-66(65)76-64)74(17,18)30-27-71(56,11)12/h21-22,31-41,77H,23-30H2,1-20H3. The predicted molar refractivity (Wildman–Crippen MR) is 345 cm³/mol. The van der Waals surface area contributed by atoms with Crippen LogP contribution in [-0.2, 0) is 48.7 Å². The molecule has 0 unspecified atom stereocenters. The van der Waals surface area contributed by atoms with Crippen molar-refractivity contribution in [1.29, 1.82) is 0 Å². The van der Waals surface area contributed by atoms with Crippen LogP contribution in [-0.4, -0.2) is 7.28 Å². The number of hydrogen-bond donors (Lipinski definition) is 1. The van der Waals surface area contributed by atoms with E-state index in [2.05, 4.69) is 235 Å². The number of anilines is 5. The van der Waals surface area contributed by atoms with Gasteiger partial charge in [-0.3, -0.25) is 0 Å². The van der Waals surface area contributed by atoms with E-state index in [1.807, 2.05) is 11.3 Å². The van der Waals surface area contributed by atoms with Crippen molar-refractivity contribution in [3.63, 3.8) is 0 Å². The van der Waals surface area contributed by atoms with E-state index in [1.165, 1.54) is 184 Å². The van der Waals surface area contributed by atoms with Crippen LogP contribution in [0.4, 0.5) is 28.4 Å². The molecule has 4 heteroatoms. The van der Waals surface area contributed by atoms with Crippen LogP contribution in [0.1, 0.15) is 243 Å². The topological polar surface area (TPSA) is 15.3 Å². The Morgan fingerprint density at radius 3 is 1.44 bits per heavy atom. The molecule has 1 aliphatic heterocycles. The van der Waals surface area contributed by atoms with Gasteiger partial charge in [-0.2, -0.15) is 0 Å². The van der Waals surface area contributed by atoms with Crippen LogP contribution in [0.25, 0.3) is 32.3 Å². The SMILES string of the molecule is Cc1cc(-c2cc3c(cc2Nc2ccc4c(c2)C(C)(C)CCC4(C)C)-c2cc4c(cc2C3(C)C)C(C)(C)CCC4(C)C)c2c(c1)N(c1cc3c(cc1C)C(C)(C)CCC3(C)C)c1c(sc3cc4c(cc13)C(C)(C)CCC4(C)C)[B]2. The fourth-order valence-electron chi connectivity index (χ4n) is 16.3. The van der Waals surface area contributed by atoms with Crippen LogP contribution in [0.15, 0.2) is 78.9 Å². The van der Waals surface area contributed by atoms with E-state index < -0.39 is 0 Å². The van der Waals surface area contributed by atoms with E-state index in [0.29, 0.717) is 0 Å². The van der Waals surface area contributed by atoms with E-state index in [-0.39, 0.29) is 48.7 Å². The third kappa shape index (κ3) is 7.87. The van der Waals surface area contributed by atoms with Crippen LogP contribution in [0.3, 0.4) is 0 Å². The number of benzene rings is 6. The molecule has 0 bridgehead atoms. The third-order valence-corrected chi connectivity index (χ3v) is 23.4. The van der Waals surface area contributed by atoms with E-state index in [9.17, 15) is 0 Å². The molecular weight excluding hydrogens is 972 g/mol. The van der Waals surface area contributed by atoms with Gasteiger partial charge < -0.3 is 10.2 Å². The van der Waals surface area contributed by atoms with Crippen LogP contribution >= 0.6 is 11.3 Å². The first-order valence-corrected chi connectivity index (χ1v) is 31.3. The third-order valence-electron chi connectivity index (χ3n) is 22.3. The zero-order chi connectivity index (χ0) is 56.5. The number of rotatable bonds is 4. The number of thiophene rings is 1. The summed E-state index contributed by atoms with van der Waals surface area (Å²) in [5, 5.41) is 5.64. The van der Waals surface area contributed by atoms with Gasteiger partial charge in [-0.15, -0.1) is 11.3 Å². The van der Waals surface area contributed by atoms with E-state index in [0.717, 1.165) is 0 Å². The van der Waals surface area contributed by atoms with Crippen LogP contribution in [0.2, 0.25) is 0 Å². The number of nitrogens with zero attached hydrogens (tertiary/aromatic N) is 1. The normalized spacial score (nSPS) is 22.0. The van der Waals surface area contributed by atoms with Crippen molar-refractivity contribution in [1.82, 2.24) is 0 Å².